The Bertz CT molecular complexity index is 1130. The molecule has 1 amide bonds. The van der Waals surface area contributed by atoms with E-state index in [4.69, 9.17) is 0 Å². The molecule has 2 aromatic heterocycles. The van der Waals surface area contributed by atoms with Gasteiger partial charge in [-0.1, -0.05) is 33.3 Å². The van der Waals surface area contributed by atoms with Crippen molar-refractivity contribution in [3.63, 3.8) is 0 Å². The average Bonchev–Trinajstić information content (AvgIpc) is 2.88. The topological polar surface area (TPSA) is 70.1 Å². The lowest BCUT2D eigenvalue weighted by atomic mass is 9.82. The molecule has 0 spiro atoms. The Kier molecular flexibility index (Phi) is 8.70. The van der Waals surface area contributed by atoms with Gasteiger partial charge in [-0.05, 0) is 104 Å². The normalized spacial score (nSPS) is 14.4. The highest BCUT2D eigenvalue weighted by atomic mass is 16.1. The zero-order valence-electron chi connectivity index (χ0n) is 21.9. The Labute approximate surface area is 215 Å². The van der Waals surface area contributed by atoms with Gasteiger partial charge in [0.2, 0.25) is 0 Å². The van der Waals surface area contributed by atoms with Gasteiger partial charge >= 0.3 is 0 Å². The minimum absolute atomic E-state index is 0.0520. The van der Waals surface area contributed by atoms with Crippen molar-refractivity contribution in [3.05, 3.63) is 83.3 Å². The highest BCUT2D eigenvalue weighted by molar-refractivity contribution is 6.07. The van der Waals surface area contributed by atoms with Gasteiger partial charge in [0.05, 0.1) is 5.56 Å². The number of nitrogens with one attached hydrogen (secondary N) is 2. The van der Waals surface area contributed by atoms with Gasteiger partial charge in [-0.3, -0.25) is 9.78 Å². The first-order valence-electron chi connectivity index (χ1n) is 13.1. The molecule has 36 heavy (non-hydrogen) atoms. The van der Waals surface area contributed by atoms with Gasteiger partial charge in [0.25, 0.3) is 5.91 Å². The molecule has 1 fully saturated rings. The summed E-state index contributed by atoms with van der Waals surface area (Å²) < 4.78 is 0. The maximum atomic E-state index is 13.3. The van der Waals surface area contributed by atoms with Gasteiger partial charge in [0.15, 0.2) is 0 Å². The summed E-state index contributed by atoms with van der Waals surface area (Å²) in [7, 11) is 0. The molecule has 1 aromatic carbocycles. The predicted octanol–water partition coefficient (Wildman–Crippen LogP) is 6.06. The Morgan fingerprint density at radius 2 is 1.78 bits per heavy atom. The first-order valence-corrected chi connectivity index (χ1v) is 13.1. The molecule has 1 aliphatic rings. The van der Waals surface area contributed by atoms with Crippen LogP contribution >= 0.6 is 0 Å². The molecule has 0 saturated carbocycles. The lowest BCUT2D eigenvalue weighted by Crippen LogP contribution is -2.30. The van der Waals surface area contributed by atoms with Crippen LogP contribution in [0.5, 0.6) is 0 Å². The van der Waals surface area contributed by atoms with E-state index in [9.17, 15) is 4.79 Å². The summed E-state index contributed by atoms with van der Waals surface area (Å²) in [6.07, 6.45) is 11.4. The highest BCUT2D eigenvalue weighted by Gasteiger charge is 2.20. The average molecular weight is 486 g/mol. The fourth-order valence-corrected chi connectivity index (χ4v) is 4.90. The molecule has 0 radical (unpaired) electrons. The van der Waals surface area contributed by atoms with Crippen molar-refractivity contribution in [1.29, 1.82) is 0 Å². The molecule has 3 aromatic rings. The van der Waals surface area contributed by atoms with E-state index in [-0.39, 0.29) is 11.3 Å². The first-order chi connectivity index (χ1) is 17.4. The Morgan fingerprint density at radius 1 is 1.00 bits per heavy atom. The van der Waals surface area contributed by atoms with Gasteiger partial charge in [0, 0.05) is 30.8 Å². The fraction of sp³-hybridized carbons (Fsp3) is 0.433. The van der Waals surface area contributed by atoms with Crippen LogP contribution in [-0.4, -0.2) is 40.4 Å². The second-order valence-electron chi connectivity index (χ2n) is 10.7. The second kappa shape index (κ2) is 12.1. The van der Waals surface area contributed by atoms with E-state index >= 15 is 0 Å². The third-order valence-corrected chi connectivity index (χ3v) is 6.80. The monoisotopic (exact) mass is 485 g/mol. The molecule has 6 nitrogen and oxygen atoms in total. The van der Waals surface area contributed by atoms with Gasteiger partial charge in [-0.2, -0.15) is 0 Å². The fourth-order valence-electron chi connectivity index (χ4n) is 4.90. The van der Waals surface area contributed by atoms with Crippen LogP contribution in [0.2, 0.25) is 0 Å². The third kappa shape index (κ3) is 7.14. The number of pyridine rings is 2. The Morgan fingerprint density at radius 3 is 2.53 bits per heavy atom. The van der Waals surface area contributed by atoms with Crippen molar-refractivity contribution in [3.8, 4) is 0 Å². The van der Waals surface area contributed by atoms with Crippen LogP contribution in [0.1, 0.15) is 73.5 Å². The van der Waals surface area contributed by atoms with E-state index in [0.717, 1.165) is 30.6 Å². The summed E-state index contributed by atoms with van der Waals surface area (Å²) >= 11 is 0. The van der Waals surface area contributed by atoms with Gasteiger partial charge < -0.3 is 15.5 Å². The second-order valence-corrected chi connectivity index (χ2v) is 10.7. The van der Waals surface area contributed by atoms with Crippen LogP contribution in [0, 0.1) is 0 Å². The smallest absolute Gasteiger partial charge is 0.259 e. The standard InChI is InChI=1S/C30H39N5O/c1-30(2,3)27-12-11-25(21-24(27)9-8-20-35-18-5-4-6-19-35)34-29(36)26-10-7-15-32-28(26)33-22-23-13-16-31-17-14-23/h7,10-17,21H,4-6,8-9,18-20,22H2,1-3H3,(H,32,33)(H,34,36). The van der Waals surface area contributed by atoms with Gasteiger partial charge in [-0.25, -0.2) is 4.98 Å². The number of carbonyl (C=O) groups excluding carboxylic acids is 1. The number of aryl methyl sites for hydroxylation is 1. The molecule has 0 unspecified atom stereocenters. The summed E-state index contributed by atoms with van der Waals surface area (Å²) in [5.41, 5.74) is 5.15. The number of carbonyl (C=O) groups is 1. The highest BCUT2D eigenvalue weighted by Crippen LogP contribution is 2.29. The van der Waals surface area contributed by atoms with Gasteiger partial charge in [0.1, 0.15) is 5.82 Å². The number of benzene rings is 1. The van der Waals surface area contributed by atoms with Crippen molar-refractivity contribution in [2.24, 2.45) is 0 Å². The molecule has 0 aliphatic carbocycles. The van der Waals surface area contributed by atoms with Crippen LogP contribution in [0.15, 0.2) is 61.1 Å². The molecule has 4 rings (SSSR count). The number of anilines is 2. The number of hydrogen-bond acceptors (Lipinski definition) is 5. The summed E-state index contributed by atoms with van der Waals surface area (Å²) in [5.74, 6) is 0.406. The number of piperidine rings is 1. The molecule has 0 bridgehead atoms. The number of aromatic nitrogens is 2. The Hall–Kier alpha value is -3.25. The van der Waals surface area contributed by atoms with Crippen molar-refractivity contribution >= 4 is 17.4 Å². The number of hydrogen-bond donors (Lipinski definition) is 2. The van der Waals surface area contributed by atoms with E-state index in [2.05, 4.69) is 58.4 Å². The van der Waals surface area contributed by atoms with Crippen molar-refractivity contribution in [2.75, 3.05) is 30.3 Å². The van der Waals surface area contributed by atoms with E-state index in [1.807, 2.05) is 18.2 Å². The molecular weight excluding hydrogens is 446 g/mol. The molecule has 6 heteroatoms. The number of rotatable bonds is 9. The molecule has 0 atom stereocenters. The largest absolute Gasteiger partial charge is 0.365 e. The number of likely N-dealkylation sites (tertiary alicyclic amines) is 1. The lowest BCUT2D eigenvalue weighted by Gasteiger charge is -2.27. The van der Waals surface area contributed by atoms with E-state index in [1.54, 1.807) is 30.7 Å². The van der Waals surface area contributed by atoms with Crippen molar-refractivity contribution in [2.45, 2.75) is 64.8 Å². The summed E-state index contributed by atoms with van der Waals surface area (Å²) in [5, 5.41) is 6.41. The van der Waals surface area contributed by atoms with E-state index in [1.165, 1.54) is 43.5 Å². The maximum absolute atomic E-state index is 13.3. The third-order valence-electron chi connectivity index (χ3n) is 6.80. The van der Waals surface area contributed by atoms with Crippen molar-refractivity contribution < 1.29 is 4.79 Å². The van der Waals surface area contributed by atoms with Crippen LogP contribution < -0.4 is 10.6 Å². The van der Waals surface area contributed by atoms with E-state index < -0.39 is 0 Å². The van der Waals surface area contributed by atoms with Gasteiger partial charge in [-0.15, -0.1) is 0 Å². The van der Waals surface area contributed by atoms with Crippen LogP contribution in [-0.2, 0) is 18.4 Å². The quantitative estimate of drug-likeness (QED) is 0.386. The van der Waals surface area contributed by atoms with Crippen molar-refractivity contribution in [1.82, 2.24) is 14.9 Å². The molecular formula is C30H39N5O. The molecule has 190 valence electrons. The number of amides is 1. The molecule has 1 saturated heterocycles. The van der Waals surface area contributed by atoms with Crippen LogP contribution in [0.4, 0.5) is 11.5 Å². The predicted molar refractivity (Wildman–Crippen MR) is 148 cm³/mol. The zero-order chi connectivity index (χ0) is 25.4. The Balaban J connectivity index is 1.45. The molecule has 3 heterocycles. The minimum atomic E-state index is -0.164. The van der Waals surface area contributed by atoms with E-state index in [0.29, 0.717) is 17.9 Å². The molecule has 1 aliphatic heterocycles. The summed E-state index contributed by atoms with van der Waals surface area (Å²) in [6.45, 7) is 10.9. The summed E-state index contributed by atoms with van der Waals surface area (Å²) in [6, 6.07) is 13.8. The number of nitrogens with zero attached hydrogens (tertiary/aromatic N) is 3. The minimum Gasteiger partial charge on any atom is -0.365 e. The molecule has 2 N–H and O–H groups in total. The maximum Gasteiger partial charge on any atom is 0.259 e. The van der Waals surface area contributed by atoms with Crippen LogP contribution in [0.25, 0.3) is 0 Å². The zero-order valence-corrected chi connectivity index (χ0v) is 21.9. The van der Waals surface area contributed by atoms with Crippen LogP contribution in [0.3, 0.4) is 0 Å². The summed E-state index contributed by atoms with van der Waals surface area (Å²) in [4.78, 5) is 24.3. The first kappa shape index (κ1) is 25.8. The lowest BCUT2D eigenvalue weighted by molar-refractivity contribution is 0.102. The SMILES string of the molecule is CC(C)(C)c1ccc(NC(=O)c2cccnc2NCc2ccncc2)cc1CCCN1CCCCC1.